The minimum atomic E-state index is -0.0411. The molecular weight excluding hydrogens is 210 g/mol. The van der Waals surface area contributed by atoms with Crippen LogP contribution in [0.2, 0.25) is 0 Å². The van der Waals surface area contributed by atoms with Crippen molar-refractivity contribution < 1.29 is 5.11 Å². The number of hydrogen-bond donors (Lipinski definition) is 2. The fourth-order valence-corrected chi connectivity index (χ4v) is 2.06. The summed E-state index contributed by atoms with van der Waals surface area (Å²) in [5.74, 6) is 0. The zero-order valence-corrected chi connectivity index (χ0v) is 10.4. The monoisotopic (exact) mass is 229 g/mol. The zero-order valence-electron chi connectivity index (χ0n) is 9.58. The van der Waals surface area contributed by atoms with Gasteiger partial charge in [-0.1, -0.05) is 17.7 Å². The van der Waals surface area contributed by atoms with Gasteiger partial charge >= 0.3 is 0 Å². The third-order valence-electron chi connectivity index (χ3n) is 2.55. The molecule has 1 aromatic carbocycles. The molecule has 0 spiro atoms. The summed E-state index contributed by atoms with van der Waals surface area (Å²) in [4.78, 5) is 0. The Balaban J connectivity index is 0.00000196. The molecule has 0 fully saturated rings. The first-order valence-corrected chi connectivity index (χ1v) is 5.00. The third kappa shape index (κ3) is 3.49. The molecule has 1 rings (SSSR count). The molecule has 2 nitrogen and oxygen atoms in total. The third-order valence-corrected chi connectivity index (χ3v) is 2.55. The van der Waals surface area contributed by atoms with E-state index < -0.39 is 0 Å². The summed E-state index contributed by atoms with van der Waals surface area (Å²) in [5, 5.41) is 8.85. The number of aliphatic hydroxyl groups excluding tert-OH is 1. The molecule has 0 aliphatic heterocycles. The van der Waals surface area contributed by atoms with Crippen molar-refractivity contribution in [1.29, 1.82) is 0 Å². The molecule has 3 N–H and O–H groups in total. The molecule has 0 radical (unpaired) electrons. The molecule has 15 heavy (non-hydrogen) atoms. The van der Waals surface area contributed by atoms with Gasteiger partial charge < -0.3 is 10.8 Å². The van der Waals surface area contributed by atoms with Gasteiger partial charge in [-0.2, -0.15) is 0 Å². The molecule has 86 valence electrons. The highest BCUT2D eigenvalue weighted by Crippen LogP contribution is 2.23. The topological polar surface area (TPSA) is 46.2 Å². The zero-order chi connectivity index (χ0) is 10.7. The maximum atomic E-state index is 8.85. The lowest BCUT2D eigenvalue weighted by atomic mass is 9.93. The van der Waals surface area contributed by atoms with Gasteiger partial charge in [0.1, 0.15) is 0 Å². The Hall–Kier alpha value is -0.570. The Bertz CT molecular complexity index is 302. The number of aliphatic hydroxyl groups is 1. The van der Waals surface area contributed by atoms with E-state index in [2.05, 4.69) is 32.9 Å². The summed E-state index contributed by atoms with van der Waals surface area (Å²) in [6.45, 7) is 6.38. The molecule has 0 unspecified atom stereocenters. The van der Waals surface area contributed by atoms with Gasteiger partial charge in [-0.05, 0) is 43.9 Å². The molecule has 3 heteroatoms. The van der Waals surface area contributed by atoms with Crippen molar-refractivity contribution >= 4 is 12.4 Å². The second kappa shape index (κ2) is 6.11. The van der Waals surface area contributed by atoms with Crippen LogP contribution in [0, 0.1) is 20.8 Å². The van der Waals surface area contributed by atoms with Gasteiger partial charge in [-0.15, -0.1) is 12.4 Å². The number of nitrogens with two attached hydrogens (primary N) is 1. The van der Waals surface area contributed by atoms with Crippen LogP contribution in [0.15, 0.2) is 12.1 Å². The lowest BCUT2D eigenvalue weighted by molar-refractivity contribution is 0.276. The highest BCUT2D eigenvalue weighted by atomic mass is 35.5. The lowest BCUT2D eigenvalue weighted by Crippen LogP contribution is -2.15. The first kappa shape index (κ1) is 14.4. The summed E-state index contributed by atoms with van der Waals surface area (Å²) >= 11 is 0. The molecular formula is C12H20ClNO. The molecule has 0 amide bonds. The Morgan fingerprint density at radius 3 is 2.07 bits per heavy atom. The van der Waals surface area contributed by atoms with Gasteiger partial charge in [0, 0.05) is 12.6 Å². The van der Waals surface area contributed by atoms with E-state index in [9.17, 15) is 0 Å². The van der Waals surface area contributed by atoms with Gasteiger partial charge in [0.2, 0.25) is 0 Å². The van der Waals surface area contributed by atoms with Gasteiger partial charge in [0.15, 0.2) is 0 Å². The summed E-state index contributed by atoms with van der Waals surface area (Å²) in [5.41, 5.74) is 10.9. The molecule has 1 aromatic rings. The fourth-order valence-electron chi connectivity index (χ4n) is 2.06. The van der Waals surface area contributed by atoms with E-state index in [0.717, 1.165) is 0 Å². The number of rotatable bonds is 3. The Kier molecular flexibility index (Phi) is 5.88. The van der Waals surface area contributed by atoms with Crippen molar-refractivity contribution in [3.63, 3.8) is 0 Å². The highest BCUT2D eigenvalue weighted by molar-refractivity contribution is 5.85. The van der Waals surface area contributed by atoms with Crippen LogP contribution in [-0.4, -0.2) is 11.7 Å². The SMILES string of the molecule is Cc1cc(C)c([C@H](N)CCO)c(C)c1.Cl. The molecule has 0 aliphatic rings. The van der Waals surface area contributed by atoms with Crippen molar-refractivity contribution in [2.45, 2.75) is 33.2 Å². The molecule has 0 saturated carbocycles. The first-order valence-electron chi connectivity index (χ1n) is 5.00. The van der Waals surface area contributed by atoms with E-state index in [1.165, 1.54) is 22.3 Å². The minimum Gasteiger partial charge on any atom is -0.396 e. The van der Waals surface area contributed by atoms with Crippen molar-refractivity contribution in [2.75, 3.05) is 6.61 Å². The molecule has 0 heterocycles. The Labute approximate surface area is 97.9 Å². The second-order valence-corrected chi connectivity index (χ2v) is 3.93. The van der Waals surface area contributed by atoms with E-state index >= 15 is 0 Å². The number of halogens is 1. The average molecular weight is 230 g/mol. The minimum absolute atomic E-state index is 0. The van der Waals surface area contributed by atoms with Gasteiger partial charge in [-0.25, -0.2) is 0 Å². The number of benzene rings is 1. The van der Waals surface area contributed by atoms with Gasteiger partial charge in [0.25, 0.3) is 0 Å². The van der Waals surface area contributed by atoms with Gasteiger partial charge in [-0.3, -0.25) is 0 Å². The highest BCUT2D eigenvalue weighted by Gasteiger charge is 2.11. The van der Waals surface area contributed by atoms with Crippen molar-refractivity contribution in [2.24, 2.45) is 5.73 Å². The largest absolute Gasteiger partial charge is 0.396 e. The molecule has 0 aliphatic carbocycles. The first-order chi connectivity index (χ1) is 6.56. The van der Waals surface area contributed by atoms with Crippen LogP contribution >= 0.6 is 12.4 Å². The normalized spacial score (nSPS) is 12.1. The van der Waals surface area contributed by atoms with Crippen LogP contribution in [-0.2, 0) is 0 Å². The van der Waals surface area contributed by atoms with Crippen molar-refractivity contribution in [3.05, 3.63) is 34.4 Å². The van der Waals surface area contributed by atoms with Crippen LogP contribution in [0.4, 0.5) is 0 Å². The van der Waals surface area contributed by atoms with E-state index in [4.69, 9.17) is 10.8 Å². The predicted octanol–water partition coefficient (Wildman–Crippen LogP) is 2.42. The standard InChI is InChI=1S/C12H19NO.ClH/c1-8-6-9(2)12(10(3)7-8)11(13)4-5-14;/h6-7,11,14H,4-5,13H2,1-3H3;1H/t11-;/m1./s1. The van der Waals surface area contributed by atoms with Crippen LogP contribution in [0.5, 0.6) is 0 Å². The van der Waals surface area contributed by atoms with Crippen molar-refractivity contribution in [3.8, 4) is 0 Å². The molecule has 0 saturated heterocycles. The van der Waals surface area contributed by atoms with Crippen molar-refractivity contribution in [1.82, 2.24) is 0 Å². The van der Waals surface area contributed by atoms with Crippen LogP contribution in [0.3, 0.4) is 0 Å². The smallest absolute Gasteiger partial charge is 0.0449 e. The van der Waals surface area contributed by atoms with Gasteiger partial charge in [0.05, 0.1) is 0 Å². The number of hydrogen-bond acceptors (Lipinski definition) is 2. The Morgan fingerprint density at radius 2 is 1.67 bits per heavy atom. The predicted molar refractivity (Wildman–Crippen MR) is 66.5 cm³/mol. The van der Waals surface area contributed by atoms with E-state index in [0.29, 0.717) is 6.42 Å². The quantitative estimate of drug-likeness (QED) is 0.836. The van der Waals surface area contributed by atoms with E-state index in [1.807, 2.05) is 0 Å². The average Bonchev–Trinajstić information content (AvgIpc) is 2.01. The molecule has 0 aromatic heterocycles. The Morgan fingerprint density at radius 1 is 1.20 bits per heavy atom. The summed E-state index contributed by atoms with van der Waals surface area (Å²) in [7, 11) is 0. The fraction of sp³-hybridized carbons (Fsp3) is 0.500. The number of aryl methyl sites for hydroxylation is 3. The van der Waals surface area contributed by atoms with E-state index in [-0.39, 0.29) is 25.1 Å². The van der Waals surface area contributed by atoms with Crippen LogP contribution in [0.1, 0.15) is 34.7 Å². The van der Waals surface area contributed by atoms with Crippen LogP contribution < -0.4 is 5.73 Å². The second-order valence-electron chi connectivity index (χ2n) is 3.93. The maximum Gasteiger partial charge on any atom is 0.0449 e. The maximum absolute atomic E-state index is 8.85. The summed E-state index contributed by atoms with van der Waals surface area (Å²) in [6, 6.07) is 4.24. The lowest BCUT2D eigenvalue weighted by Gasteiger charge is -2.17. The molecule has 0 bridgehead atoms. The molecule has 1 atom stereocenters. The van der Waals surface area contributed by atoms with E-state index in [1.54, 1.807) is 0 Å². The summed E-state index contributed by atoms with van der Waals surface area (Å²) in [6.07, 6.45) is 0.630. The summed E-state index contributed by atoms with van der Waals surface area (Å²) < 4.78 is 0. The van der Waals surface area contributed by atoms with Crippen LogP contribution in [0.25, 0.3) is 0 Å².